The number of aryl methyl sites for hydroxylation is 1. The van der Waals surface area contributed by atoms with Crippen LogP contribution in [0.25, 0.3) is 10.9 Å². The molecule has 0 amide bonds. The first-order valence-electron chi connectivity index (χ1n) is 7.11. The van der Waals surface area contributed by atoms with E-state index in [0.717, 1.165) is 12.1 Å². The number of rotatable bonds is 4. The molecule has 0 spiro atoms. The molecule has 0 fully saturated rings. The van der Waals surface area contributed by atoms with E-state index in [2.05, 4.69) is 9.71 Å². The van der Waals surface area contributed by atoms with Crippen LogP contribution >= 0.6 is 0 Å². The van der Waals surface area contributed by atoms with E-state index in [4.69, 9.17) is 0 Å². The van der Waals surface area contributed by atoms with E-state index in [1.807, 2.05) is 0 Å². The number of aromatic nitrogens is 1. The van der Waals surface area contributed by atoms with Gasteiger partial charge in [0.05, 0.1) is 22.2 Å². The van der Waals surface area contributed by atoms with Gasteiger partial charge in [0.2, 0.25) is 0 Å². The van der Waals surface area contributed by atoms with Gasteiger partial charge in [0.15, 0.2) is 4.90 Å². The summed E-state index contributed by atoms with van der Waals surface area (Å²) in [4.78, 5) is 13.8. The predicted molar refractivity (Wildman–Crippen MR) is 90.3 cm³/mol. The lowest BCUT2D eigenvalue weighted by atomic mass is 10.2. The number of hydrogen-bond donors (Lipinski definition) is 1. The molecular weight excluding hydrogens is 349 g/mol. The lowest BCUT2D eigenvalue weighted by molar-refractivity contribution is -0.388. The minimum absolute atomic E-state index is 0.180. The van der Waals surface area contributed by atoms with Gasteiger partial charge < -0.3 is 0 Å². The first-order valence-corrected chi connectivity index (χ1v) is 8.59. The Morgan fingerprint density at radius 2 is 1.92 bits per heavy atom. The maximum atomic E-state index is 13.2. The normalized spacial score (nSPS) is 11.4. The van der Waals surface area contributed by atoms with Crippen molar-refractivity contribution in [2.75, 3.05) is 4.72 Å². The Balaban J connectivity index is 2.12. The molecule has 7 nitrogen and oxygen atoms in total. The summed E-state index contributed by atoms with van der Waals surface area (Å²) in [5, 5.41) is 11.8. The largest absolute Gasteiger partial charge is 0.292 e. The summed E-state index contributed by atoms with van der Waals surface area (Å²) < 4.78 is 40.7. The molecule has 0 unspecified atom stereocenters. The van der Waals surface area contributed by atoms with Crippen molar-refractivity contribution < 1.29 is 17.7 Å². The maximum absolute atomic E-state index is 13.2. The van der Waals surface area contributed by atoms with Crippen LogP contribution in [-0.4, -0.2) is 18.3 Å². The van der Waals surface area contributed by atoms with Gasteiger partial charge in [0, 0.05) is 11.1 Å². The number of anilines is 1. The SMILES string of the molecule is Cc1ccc2cccc(NS(=O)(=O)c3ccc(F)cc3[N+](=O)[O-])c2n1. The smallest absolute Gasteiger partial charge is 0.277 e. The third kappa shape index (κ3) is 3.26. The lowest BCUT2D eigenvalue weighted by Crippen LogP contribution is -2.15. The molecule has 1 heterocycles. The van der Waals surface area contributed by atoms with Gasteiger partial charge >= 0.3 is 0 Å². The number of pyridine rings is 1. The third-order valence-corrected chi connectivity index (χ3v) is 4.92. The number of nitro groups is 1. The third-order valence-electron chi connectivity index (χ3n) is 3.51. The van der Waals surface area contributed by atoms with Gasteiger partial charge in [0.1, 0.15) is 5.82 Å². The first kappa shape index (κ1) is 16.8. The van der Waals surface area contributed by atoms with Crippen molar-refractivity contribution in [2.24, 2.45) is 0 Å². The number of sulfonamides is 1. The van der Waals surface area contributed by atoms with Crippen molar-refractivity contribution in [3.05, 3.63) is 70.2 Å². The summed E-state index contributed by atoms with van der Waals surface area (Å²) in [5.41, 5.74) is 0.444. The standard InChI is InChI=1S/C16H12FN3O4S/c1-10-5-6-11-3-2-4-13(16(11)18-10)19-25(23,24)15-8-7-12(17)9-14(15)20(21)22/h2-9,19H,1H3. The van der Waals surface area contributed by atoms with Crippen molar-refractivity contribution in [3.8, 4) is 0 Å². The molecule has 0 bridgehead atoms. The predicted octanol–water partition coefficient (Wildman–Crippen LogP) is 3.39. The quantitative estimate of drug-likeness (QED) is 0.567. The second-order valence-corrected chi connectivity index (χ2v) is 6.96. The van der Waals surface area contributed by atoms with Crippen LogP contribution in [-0.2, 0) is 10.0 Å². The summed E-state index contributed by atoms with van der Waals surface area (Å²) in [6.07, 6.45) is 0. The minimum atomic E-state index is -4.31. The number of nitrogens with one attached hydrogen (secondary N) is 1. The molecule has 3 aromatic rings. The molecule has 0 saturated carbocycles. The summed E-state index contributed by atoms with van der Waals surface area (Å²) >= 11 is 0. The van der Waals surface area contributed by atoms with Crippen LogP contribution < -0.4 is 4.72 Å². The van der Waals surface area contributed by atoms with Crippen LogP contribution in [0, 0.1) is 22.9 Å². The van der Waals surface area contributed by atoms with Crippen molar-refractivity contribution in [1.82, 2.24) is 4.98 Å². The molecule has 1 N–H and O–H groups in total. The van der Waals surface area contributed by atoms with E-state index >= 15 is 0 Å². The monoisotopic (exact) mass is 361 g/mol. The van der Waals surface area contributed by atoms with Gasteiger partial charge in [0.25, 0.3) is 15.7 Å². The number of halogens is 1. The first-order chi connectivity index (χ1) is 11.8. The Kier molecular flexibility index (Phi) is 4.09. The van der Waals surface area contributed by atoms with E-state index in [1.165, 1.54) is 6.07 Å². The van der Waals surface area contributed by atoms with Crippen molar-refractivity contribution in [1.29, 1.82) is 0 Å². The second-order valence-electron chi connectivity index (χ2n) is 5.30. The van der Waals surface area contributed by atoms with E-state index < -0.39 is 31.3 Å². The maximum Gasteiger partial charge on any atom is 0.292 e. The number of hydrogen-bond acceptors (Lipinski definition) is 5. The molecule has 1 aromatic heterocycles. The van der Waals surface area contributed by atoms with Gasteiger partial charge in [-0.1, -0.05) is 18.2 Å². The molecule has 2 aromatic carbocycles. The van der Waals surface area contributed by atoms with Crippen LogP contribution in [0.2, 0.25) is 0 Å². The highest BCUT2D eigenvalue weighted by Gasteiger charge is 2.27. The Hall–Kier alpha value is -3.07. The highest BCUT2D eigenvalue weighted by molar-refractivity contribution is 7.92. The zero-order valence-electron chi connectivity index (χ0n) is 12.9. The van der Waals surface area contributed by atoms with E-state index in [0.29, 0.717) is 22.7 Å². The molecular formula is C16H12FN3O4S. The molecule has 128 valence electrons. The number of nitrogens with zero attached hydrogens (tertiary/aromatic N) is 2. The molecule has 0 aliphatic carbocycles. The van der Waals surface area contributed by atoms with Crippen molar-refractivity contribution in [2.45, 2.75) is 11.8 Å². The van der Waals surface area contributed by atoms with Gasteiger partial charge in [-0.05, 0) is 31.2 Å². The summed E-state index contributed by atoms with van der Waals surface area (Å²) in [7, 11) is -4.31. The molecule has 0 radical (unpaired) electrons. The molecule has 0 aliphatic heterocycles. The zero-order chi connectivity index (χ0) is 18.2. The molecule has 25 heavy (non-hydrogen) atoms. The molecule has 9 heteroatoms. The summed E-state index contributed by atoms with van der Waals surface area (Å²) in [5.74, 6) is -0.895. The molecule has 0 atom stereocenters. The molecule has 0 saturated heterocycles. The Labute approximate surface area is 142 Å². The Bertz CT molecular complexity index is 1100. The van der Waals surface area contributed by atoms with Crippen LogP contribution in [0.4, 0.5) is 15.8 Å². The zero-order valence-corrected chi connectivity index (χ0v) is 13.7. The molecule has 3 rings (SSSR count). The Morgan fingerprint density at radius 1 is 1.16 bits per heavy atom. The molecule has 0 aliphatic rings. The number of nitro benzene ring substituents is 1. The number of fused-ring (bicyclic) bond motifs is 1. The number of benzene rings is 2. The summed E-state index contributed by atoms with van der Waals surface area (Å²) in [6.45, 7) is 1.76. The Morgan fingerprint density at radius 3 is 2.64 bits per heavy atom. The lowest BCUT2D eigenvalue weighted by Gasteiger charge is -2.11. The van der Waals surface area contributed by atoms with Crippen molar-refractivity contribution >= 4 is 32.3 Å². The fraction of sp³-hybridized carbons (Fsp3) is 0.0625. The van der Waals surface area contributed by atoms with Gasteiger partial charge in [-0.25, -0.2) is 12.8 Å². The number of para-hydroxylation sites is 1. The van der Waals surface area contributed by atoms with Crippen LogP contribution in [0.5, 0.6) is 0 Å². The van der Waals surface area contributed by atoms with Gasteiger partial charge in [-0.15, -0.1) is 0 Å². The van der Waals surface area contributed by atoms with E-state index in [-0.39, 0.29) is 5.69 Å². The minimum Gasteiger partial charge on any atom is -0.277 e. The fourth-order valence-corrected chi connectivity index (χ4v) is 3.61. The van der Waals surface area contributed by atoms with Crippen molar-refractivity contribution in [3.63, 3.8) is 0 Å². The highest BCUT2D eigenvalue weighted by Crippen LogP contribution is 2.29. The average molecular weight is 361 g/mol. The van der Waals surface area contributed by atoms with E-state index in [9.17, 15) is 22.9 Å². The topological polar surface area (TPSA) is 102 Å². The second kappa shape index (κ2) is 6.10. The van der Waals surface area contributed by atoms with Crippen LogP contribution in [0.1, 0.15) is 5.69 Å². The highest BCUT2D eigenvalue weighted by atomic mass is 32.2. The van der Waals surface area contributed by atoms with Gasteiger partial charge in [-0.3, -0.25) is 19.8 Å². The summed E-state index contributed by atoms with van der Waals surface area (Å²) in [6, 6.07) is 10.8. The van der Waals surface area contributed by atoms with Crippen LogP contribution in [0.15, 0.2) is 53.4 Å². The van der Waals surface area contributed by atoms with Crippen LogP contribution in [0.3, 0.4) is 0 Å². The fourth-order valence-electron chi connectivity index (χ4n) is 2.39. The van der Waals surface area contributed by atoms with E-state index in [1.54, 1.807) is 31.2 Å². The van der Waals surface area contributed by atoms with Gasteiger partial charge in [-0.2, -0.15) is 0 Å². The average Bonchev–Trinajstić information content (AvgIpc) is 2.54.